The number of H-pyrrole nitrogens is 1. The van der Waals surface area contributed by atoms with Crippen LogP contribution < -0.4 is 15.4 Å². The molecule has 1 atom stereocenters. The van der Waals surface area contributed by atoms with Crippen molar-refractivity contribution in [2.75, 3.05) is 36.8 Å². The van der Waals surface area contributed by atoms with E-state index in [0.717, 1.165) is 18.4 Å². The Bertz CT molecular complexity index is 1830. The summed E-state index contributed by atoms with van der Waals surface area (Å²) in [6.07, 6.45) is 5.88. The third-order valence-electron chi connectivity index (χ3n) is 9.01. The summed E-state index contributed by atoms with van der Waals surface area (Å²) in [5.74, 6) is 2.03. The van der Waals surface area contributed by atoms with Crippen molar-refractivity contribution in [1.29, 1.82) is 0 Å². The van der Waals surface area contributed by atoms with Gasteiger partial charge in [-0.25, -0.2) is 14.8 Å². The fourth-order valence-electron chi connectivity index (χ4n) is 6.28. The molecule has 0 aliphatic carbocycles. The molecule has 5 heterocycles. The summed E-state index contributed by atoms with van der Waals surface area (Å²) in [5.41, 5.74) is 0.939. The van der Waals surface area contributed by atoms with Gasteiger partial charge in [0.1, 0.15) is 28.3 Å². The number of hydrogen-bond acceptors (Lipinski definition) is 9. The smallest absolute Gasteiger partial charge is 0.410 e. The van der Waals surface area contributed by atoms with Gasteiger partial charge in [0.15, 0.2) is 11.5 Å². The molecule has 1 unspecified atom stereocenters. The Kier molecular flexibility index (Phi) is 9.44. The molecule has 258 valence electrons. The number of carbonyl (C=O) groups is 3. The minimum Gasteiger partial charge on any atom is -0.456 e. The molecule has 2 fully saturated rings. The van der Waals surface area contributed by atoms with E-state index in [1.165, 1.54) is 0 Å². The number of nitrogens with zero attached hydrogens (tertiary/aromatic N) is 5. The maximum atomic E-state index is 13.9. The van der Waals surface area contributed by atoms with Gasteiger partial charge in [0.2, 0.25) is 5.91 Å². The van der Waals surface area contributed by atoms with Crippen molar-refractivity contribution >= 4 is 40.6 Å². The second kappa shape index (κ2) is 13.7. The minimum absolute atomic E-state index is 0.0246. The van der Waals surface area contributed by atoms with Crippen molar-refractivity contribution < 1.29 is 23.9 Å². The van der Waals surface area contributed by atoms with E-state index in [4.69, 9.17) is 9.47 Å². The Balaban J connectivity index is 1.09. The number of nitrogens with one attached hydrogen (secondary N) is 3. The molecule has 2 saturated heterocycles. The Hall–Kier alpha value is -5.20. The predicted molar refractivity (Wildman–Crippen MR) is 186 cm³/mol. The van der Waals surface area contributed by atoms with E-state index >= 15 is 0 Å². The monoisotopic (exact) mass is 668 g/mol. The van der Waals surface area contributed by atoms with Gasteiger partial charge in [0, 0.05) is 61.7 Å². The van der Waals surface area contributed by atoms with Gasteiger partial charge in [-0.3, -0.25) is 14.7 Å². The molecule has 49 heavy (non-hydrogen) atoms. The first-order chi connectivity index (χ1) is 23.4. The number of pyridine rings is 2. The number of ether oxygens (including phenoxy) is 2. The van der Waals surface area contributed by atoms with Gasteiger partial charge in [-0.1, -0.05) is 6.92 Å². The third-order valence-corrected chi connectivity index (χ3v) is 9.01. The predicted octanol–water partition coefficient (Wildman–Crippen LogP) is 6.15. The highest BCUT2D eigenvalue weighted by Gasteiger charge is 2.42. The molecule has 4 aromatic rings. The summed E-state index contributed by atoms with van der Waals surface area (Å²) in [5, 5.41) is 14.5. The average Bonchev–Trinajstić information content (AvgIpc) is 3.48. The first-order valence-electron chi connectivity index (χ1n) is 16.8. The van der Waals surface area contributed by atoms with Crippen LogP contribution in [0.3, 0.4) is 0 Å². The SMILES string of the molecule is Cc1ccnc(NC(=O)c2ccc(Oc3ccnc4[nH]nc(NC5CCCN(C(=O)C6(C)CCN(C(=O)OC(C)(C)C)CC6)C5)c34)cc2)c1. The number of rotatable bonds is 7. The number of carbonyl (C=O) groups excluding carboxylic acids is 3. The Morgan fingerprint density at radius 2 is 1.71 bits per heavy atom. The number of anilines is 2. The van der Waals surface area contributed by atoms with Gasteiger partial charge in [-0.05, 0) is 95.3 Å². The molecule has 3 aromatic heterocycles. The molecule has 3 amide bonds. The van der Waals surface area contributed by atoms with Crippen molar-refractivity contribution in [1.82, 2.24) is 30.0 Å². The van der Waals surface area contributed by atoms with Crippen molar-refractivity contribution in [2.45, 2.75) is 71.9 Å². The lowest BCUT2D eigenvalue weighted by Crippen LogP contribution is -2.54. The summed E-state index contributed by atoms with van der Waals surface area (Å²) in [7, 11) is 0. The van der Waals surface area contributed by atoms with Crippen LogP contribution in [0, 0.1) is 12.3 Å². The number of aryl methyl sites for hydroxylation is 1. The first kappa shape index (κ1) is 33.7. The Labute approximate surface area is 285 Å². The molecule has 2 aliphatic heterocycles. The first-order valence-corrected chi connectivity index (χ1v) is 16.8. The van der Waals surface area contributed by atoms with Crippen LogP contribution in [0.4, 0.5) is 16.4 Å². The summed E-state index contributed by atoms with van der Waals surface area (Å²) in [6.45, 7) is 11.7. The lowest BCUT2D eigenvalue weighted by Gasteiger charge is -2.43. The van der Waals surface area contributed by atoms with E-state index < -0.39 is 11.0 Å². The molecule has 0 bridgehead atoms. The number of benzene rings is 1. The second-order valence-electron chi connectivity index (χ2n) is 14.2. The van der Waals surface area contributed by atoms with E-state index in [9.17, 15) is 14.4 Å². The molecule has 13 nitrogen and oxygen atoms in total. The standard InChI is InChI=1S/C36H44N8O5/c1-23-12-16-37-28(21-23)40-32(45)24-8-10-26(11-9-24)48-27-13-17-38-30-29(27)31(42-41-30)39-25-7-6-18-44(22-25)33(46)36(5)14-19-43(20-15-36)34(47)49-35(2,3)4/h8-13,16-17,21,25H,6-7,14-15,18-20,22H2,1-5H3,(H,37,40,45)(H2,38,39,41,42). The number of aromatic nitrogens is 4. The molecular weight excluding hydrogens is 624 g/mol. The number of likely N-dealkylation sites (tertiary alicyclic amines) is 2. The quantitative estimate of drug-likeness (QED) is 0.210. The average molecular weight is 669 g/mol. The van der Waals surface area contributed by atoms with Crippen LogP contribution in [-0.4, -0.2) is 85.7 Å². The van der Waals surface area contributed by atoms with Crippen LogP contribution in [0.2, 0.25) is 0 Å². The normalized spacial score (nSPS) is 17.8. The molecule has 1 aromatic carbocycles. The highest BCUT2D eigenvalue weighted by molar-refractivity contribution is 6.03. The number of hydrogen-bond donors (Lipinski definition) is 3. The largest absolute Gasteiger partial charge is 0.456 e. The number of fused-ring (bicyclic) bond motifs is 1. The fourth-order valence-corrected chi connectivity index (χ4v) is 6.28. The molecule has 6 rings (SSSR count). The third kappa shape index (κ3) is 7.93. The van der Waals surface area contributed by atoms with Gasteiger partial charge in [0.25, 0.3) is 5.91 Å². The Morgan fingerprint density at radius 3 is 2.43 bits per heavy atom. The van der Waals surface area contributed by atoms with Gasteiger partial charge >= 0.3 is 6.09 Å². The van der Waals surface area contributed by atoms with E-state index in [-0.39, 0.29) is 23.9 Å². The van der Waals surface area contributed by atoms with Crippen LogP contribution in [0.25, 0.3) is 11.0 Å². The van der Waals surface area contributed by atoms with Gasteiger partial charge in [0.05, 0.1) is 0 Å². The van der Waals surface area contributed by atoms with E-state index in [1.54, 1.807) is 47.6 Å². The summed E-state index contributed by atoms with van der Waals surface area (Å²) >= 11 is 0. The van der Waals surface area contributed by atoms with Crippen LogP contribution in [0.5, 0.6) is 11.5 Å². The molecule has 2 aliphatic rings. The summed E-state index contributed by atoms with van der Waals surface area (Å²) in [6, 6.07) is 12.3. The summed E-state index contributed by atoms with van der Waals surface area (Å²) in [4.78, 5) is 51.5. The zero-order valence-electron chi connectivity index (χ0n) is 28.7. The number of amides is 3. The van der Waals surface area contributed by atoms with Crippen molar-refractivity contribution in [3.63, 3.8) is 0 Å². The van der Waals surface area contributed by atoms with Crippen LogP contribution in [0.15, 0.2) is 54.9 Å². The second-order valence-corrected chi connectivity index (χ2v) is 14.2. The van der Waals surface area contributed by atoms with Crippen molar-refractivity contribution in [3.05, 3.63) is 66.0 Å². The lowest BCUT2D eigenvalue weighted by molar-refractivity contribution is -0.145. The number of aromatic amines is 1. The highest BCUT2D eigenvalue weighted by Crippen LogP contribution is 2.36. The maximum Gasteiger partial charge on any atom is 0.410 e. The lowest BCUT2D eigenvalue weighted by atomic mass is 9.78. The van der Waals surface area contributed by atoms with E-state index in [0.29, 0.717) is 78.8 Å². The molecule has 0 saturated carbocycles. The highest BCUT2D eigenvalue weighted by atomic mass is 16.6. The maximum absolute atomic E-state index is 13.9. The van der Waals surface area contributed by atoms with Gasteiger partial charge < -0.3 is 29.9 Å². The van der Waals surface area contributed by atoms with Crippen LogP contribution in [-0.2, 0) is 9.53 Å². The van der Waals surface area contributed by atoms with Crippen molar-refractivity contribution in [2.24, 2.45) is 5.41 Å². The van der Waals surface area contributed by atoms with Gasteiger partial charge in [-0.15, -0.1) is 0 Å². The topological polar surface area (TPSA) is 155 Å². The molecule has 0 radical (unpaired) electrons. The fraction of sp³-hybridized carbons (Fsp3) is 0.444. The number of piperidine rings is 2. The molecule has 13 heteroatoms. The molecule has 3 N–H and O–H groups in total. The van der Waals surface area contributed by atoms with Crippen molar-refractivity contribution in [3.8, 4) is 11.5 Å². The molecular formula is C36H44N8O5. The van der Waals surface area contributed by atoms with E-state index in [2.05, 4.69) is 30.8 Å². The summed E-state index contributed by atoms with van der Waals surface area (Å²) < 4.78 is 11.8. The molecule has 0 spiro atoms. The van der Waals surface area contributed by atoms with Gasteiger partial charge in [-0.2, -0.15) is 5.10 Å². The zero-order chi connectivity index (χ0) is 34.8. The van der Waals surface area contributed by atoms with Crippen LogP contribution in [0.1, 0.15) is 69.3 Å². The Morgan fingerprint density at radius 1 is 0.980 bits per heavy atom. The van der Waals surface area contributed by atoms with Crippen LogP contribution >= 0.6 is 0 Å². The minimum atomic E-state index is -0.558. The zero-order valence-corrected chi connectivity index (χ0v) is 28.7. The van der Waals surface area contributed by atoms with E-state index in [1.807, 2.05) is 51.7 Å².